The maximum absolute atomic E-state index is 14.6. The molecule has 3 aromatic rings. The molecule has 3 atom stereocenters. The number of hydrogen-bond acceptors (Lipinski definition) is 3. The number of hydrogen-bond donors (Lipinski definition) is 3. The fourth-order valence-electron chi connectivity index (χ4n) is 4.47. The molecule has 3 unspecified atom stereocenters. The van der Waals surface area contributed by atoms with Gasteiger partial charge in [0.2, 0.25) is 0 Å². The van der Waals surface area contributed by atoms with Gasteiger partial charge in [-0.15, -0.1) is 0 Å². The van der Waals surface area contributed by atoms with Gasteiger partial charge in [0.15, 0.2) is 5.06 Å². The van der Waals surface area contributed by atoms with Crippen LogP contribution in [0, 0.1) is 24.5 Å². The summed E-state index contributed by atoms with van der Waals surface area (Å²) < 4.78 is 42.8. The molecular formula is C29H27Cl2F3N2O. The molecule has 194 valence electrons. The Hall–Kier alpha value is -2.93. The third-order valence-electron chi connectivity index (χ3n) is 6.54. The van der Waals surface area contributed by atoms with Crippen LogP contribution in [0.3, 0.4) is 0 Å². The van der Waals surface area contributed by atoms with Crippen LogP contribution in [0.4, 0.5) is 24.5 Å². The first-order chi connectivity index (χ1) is 17.2. The topological polar surface area (TPSA) is 44.3 Å². The molecule has 0 radical (unpaired) electrons. The van der Waals surface area contributed by atoms with Crippen molar-refractivity contribution in [3.8, 4) is 0 Å². The molecule has 8 heteroatoms. The van der Waals surface area contributed by atoms with Crippen molar-refractivity contribution in [1.29, 1.82) is 0 Å². The van der Waals surface area contributed by atoms with Gasteiger partial charge in [0.1, 0.15) is 23.0 Å². The van der Waals surface area contributed by atoms with Gasteiger partial charge in [0.05, 0.1) is 5.92 Å². The molecule has 3 N–H and O–H groups in total. The molecular weight excluding hydrogens is 520 g/mol. The number of benzene rings is 3. The quantitative estimate of drug-likeness (QED) is 0.248. The normalized spacial score (nSPS) is 20.9. The van der Waals surface area contributed by atoms with Gasteiger partial charge in [-0.25, -0.2) is 13.2 Å². The second kappa shape index (κ2) is 9.75. The van der Waals surface area contributed by atoms with Crippen LogP contribution in [0.15, 0.2) is 73.5 Å². The molecule has 1 aliphatic carbocycles. The highest BCUT2D eigenvalue weighted by molar-refractivity contribution is 6.31. The Morgan fingerprint density at radius 3 is 2.30 bits per heavy atom. The molecule has 1 saturated carbocycles. The van der Waals surface area contributed by atoms with E-state index in [1.54, 1.807) is 30.3 Å². The second-order valence-corrected chi connectivity index (χ2v) is 10.9. The van der Waals surface area contributed by atoms with Crippen LogP contribution >= 0.6 is 23.2 Å². The lowest BCUT2D eigenvalue weighted by Gasteiger charge is -2.17. The molecule has 37 heavy (non-hydrogen) atoms. The Bertz CT molecular complexity index is 1380. The lowest BCUT2D eigenvalue weighted by molar-refractivity contribution is 0.217. The molecule has 3 aromatic carbocycles. The zero-order chi connectivity index (χ0) is 27.3. The first-order valence-electron chi connectivity index (χ1n) is 11.6. The van der Waals surface area contributed by atoms with Gasteiger partial charge in [0.25, 0.3) is 0 Å². The number of aliphatic hydroxyl groups is 1. The summed E-state index contributed by atoms with van der Waals surface area (Å²) in [5.41, 5.74) is 1.87. The van der Waals surface area contributed by atoms with Crippen molar-refractivity contribution in [2.45, 2.75) is 37.4 Å². The van der Waals surface area contributed by atoms with Crippen molar-refractivity contribution < 1.29 is 18.3 Å². The van der Waals surface area contributed by atoms with Crippen LogP contribution < -0.4 is 10.6 Å². The van der Waals surface area contributed by atoms with Crippen molar-refractivity contribution in [3.63, 3.8) is 0 Å². The van der Waals surface area contributed by atoms with E-state index in [9.17, 15) is 18.3 Å². The van der Waals surface area contributed by atoms with Crippen LogP contribution in [-0.4, -0.2) is 10.2 Å². The third kappa shape index (κ3) is 5.52. The van der Waals surface area contributed by atoms with Gasteiger partial charge in [-0.05, 0) is 73.9 Å². The minimum Gasteiger partial charge on any atom is -0.374 e. The van der Waals surface area contributed by atoms with E-state index in [-0.39, 0.29) is 5.69 Å². The maximum atomic E-state index is 14.6. The largest absolute Gasteiger partial charge is 0.374 e. The predicted octanol–water partition coefficient (Wildman–Crippen LogP) is 8.48. The maximum Gasteiger partial charge on any atom is 0.155 e. The molecule has 0 bridgehead atoms. The lowest BCUT2D eigenvalue weighted by atomic mass is 9.96. The zero-order valence-corrected chi connectivity index (χ0v) is 22.1. The summed E-state index contributed by atoms with van der Waals surface area (Å²) >= 11 is 12.7. The van der Waals surface area contributed by atoms with E-state index in [1.807, 2.05) is 13.0 Å². The number of alkyl halides is 2. The van der Waals surface area contributed by atoms with E-state index in [1.165, 1.54) is 19.9 Å². The van der Waals surface area contributed by atoms with Crippen LogP contribution in [0.5, 0.6) is 0 Å². The van der Waals surface area contributed by atoms with Crippen molar-refractivity contribution >= 4 is 40.3 Å². The Morgan fingerprint density at radius 1 is 1.03 bits per heavy atom. The smallest absolute Gasteiger partial charge is 0.155 e. The Morgan fingerprint density at radius 2 is 1.68 bits per heavy atom. The Kier molecular flexibility index (Phi) is 7.14. The first kappa shape index (κ1) is 27.1. The fraction of sp³-hybridized carbons (Fsp3) is 0.241. The van der Waals surface area contributed by atoms with Crippen LogP contribution in [0.1, 0.15) is 42.0 Å². The highest BCUT2D eigenvalue weighted by atomic mass is 35.5. The molecule has 1 fully saturated rings. The van der Waals surface area contributed by atoms with Gasteiger partial charge in [-0.2, -0.15) is 0 Å². The van der Waals surface area contributed by atoms with Gasteiger partial charge in [-0.3, -0.25) is 0 Å². The highest BCUT2D eigenvalue weighted by Gasteiger charge is 2.65. The lowest BCUT2D eigenvalue weighted by Crippen LogP contribution is -2.10. The summed E-state index contributed by atoms with van der Waals surface area (Å²) in [6, 6.07) is 13.8. The molecule has 0 amide bonds. The molecule has 0 aromatic heterocycles. The number of aryl methyl sites for hydroxylation is 1. The molecule has 0 saturated heterocycles. The van der Waals surface area contributed by atoms with E-state index < -0.39 is 34.2 Å². The summed E-state index contributed by atoms with van der Waals surface area (Å²) in [6.45, 7) is 12.7. The summed E-state index contributed by atoms with van der Waals surface area (Å²) in [7, 11) is 0. The number of halogens is 5. The summed E-state index contributed by atoms with van der Waals surface area (Å²) in [5.74, 6) is -2.60. The van der Waals surface area contributed by atoms with Crippen LogP contribution in [-0.2, 0) is 5.67 Å². The summed E-state index contributed by atoms with van der Waals surface area (Å²) in [6.07, 6.45) is 0. The molecule has 0 aliphatic heterocycles. The van der Waals surface area contributed by atoms with Gasteiger partial charge in [-0.1, -0.05) is 54.6 Å². The van der Waals surface area contributed by atoms with E-state index in [2.05, 4.69) is 23.8 Å². The third-order valence-corrected chi connectivity index (χ3v) is 7.23. The van der Waals surface area contributed by atoms with Crippen LogP contribution in [0.2, 0.25) is 5.02 Å². The van der Waals surface area contributed by atoms with E-state index in [0.717, 1.165) is 17.7 Å². The average Bonchev–Trinajstić information content (AvgIpc) is 3.38. The van der Waals surface area contributed by atoms with E-state index >= 15 is 0 Å². The van der Waals surface area contributed by atoms with Crippen molar-refractivity contribution in [2.24, 2.45) is 5.92 Å². The predicted molar refractivity (Wildman–Crippen MR) is 146 cm³/mol. The molecule has 1 aliphatic rings. The standard InChI is InChI=1S/C29H27Cl2F3N2O/c1-15-9-10-21(14-22(15)16(2)36-27-23(32)7-6-8-24(27)33)35-17(3)25-26(29(25,31)37)18-11-19(28(4,5)34)13-20(30)12-18/h6-14,25-26,35-37H,2-3H2,1,4-5H3. The number of para-hydroxylation sites is 1. The number of anilines is 2. The SMILES string of the molecule is C=C(Nc1c(F)cccc1F)c1cc(NC(=C)C2C(c3cc(Cl)cc(C(C)(C)F)c3)C2(O)Cl)ccc1C. The first-order valence-corrected chi connectivity index (χ1v) is 12.3. The highest BCUT2D eigenvalue weighted by Crippen LogP contribution is 2.63. The second-order valence-electron chi connectivity index (χ2n) is 9.81. The monoisotopic (exact) mass is 546 g/mol. The van der Waals surface area contributed by atoms with E-state index in [4.69, 9.17) is 23.2 Å². The molecule has 4 rings (SSSR count). The van der Waals surface area contributed by atoms with Crippen LogP contribution in [0.25, 0.3) is 5.70 Å². The Balaban J connectivity index is 1.54. The van der Waals surface area contributed by atoms with Crippen molar-refractivity contribution in [3.05, 3.63) is 112 Å². The minimum absolute atomic E-state index is 0.292. The minimum atomic E-state index is -1.63. The summed E-state index contributed by atoms with van der Waals surface area (Å²) in [4.78, 5) is 0. The Labute approximate surface area is 224 Å². The molecule has 0 heterocycles. The van der Waals surface area contributed by atoms with Gasteiger partial charge in [0, 0.05) is 33.6 Å². The number of nitrogens with one attached hydrogen (secondary N) is 2. The fourth-order valence-corrected chi connectivity index (χ4v) is 5.16. The van der Waals surface area contributed by atoms with Crippen molar-refractivity contribution in [2.75, 3.05) is 10.6 Å². The average molecular weight is 547 g/mol. The molecule has 0 spiro atoms. The van der Waals surface area contributed by atoms with Gasteiger partial charge < -0.3 is 15.7 Å². The molecule has 3 nitrogen and oxygen atoms in total. The van der Waals surface area contributed by atoms with E-state index in [0.29, 0.717) is 38.8 Å². The van der Waals surface area contributed by atoms with Gasteiger partial charge >= 0.3 is 0 Å². The summed E-state index contributed by atoms with van der Waals surface area (Å²) in [5, 5.41) is 15.5. The number of rotatable bonds is 8. The zero-order valence-electron chi connectivity index (χ0n) is 20.6. The van der Waals surface area contributed by atoms with Crippen molar-refractivity contribution in [1.82, 2.24) is 0 Å².